The number of nitrogens with zero attached hydrogens (tertiary/aromatic N) is 1. The number of aromatic nitrogens is 1. The maximum absolute atomic E-state index is 12.6. The average Bonchev–Trinajstić information content (AvgIpc) is 3.22. The van der Waals surface area contributed by atoms with Gasteiger partial charge in [0.25, 0.3) is 0 Å². The van der Waals surface area contributed by atoms with Crippen molar-refractivity contribution in [3.8, 4) is 22.1 Å². The van der Waals surface area contributed by atoms with Gasteiger partial charge < -0.3 is 14.8 Å². The summed E-state index contributed by atoms with van der Waals surface area (Å²) in [5, 5.41) is 4.19. The summed E-state index contributed by atoms with van der Waals surface area (Å²) in [6, 6.07) is 21.4. The largest absolute Gasteiger partial charge is 0.486 e. The van der Waals surface area contributed by atoms with Crippen molar-refractivity contribution in [3.05, 3.63) is 72.3 Å². The van der Waals surface area contributed by atoms with Gasteiger partial charge >= 0.3 is 0 Å². The number of ketones is 1. The van der Waals surface area contributed by atoms with Gasteiger partial charge in [-0.25, -0.2) is 4.98 Å². The summed E-state index contributed by atoms with van der Waals surface area (Å²) in [6.45, 7) is 1.23. The van der Waals surface area contributed by atoms with Crippen molar-refractivity contribution in [3.63, 3.8) is 0 Å². The highest BCUT2D eigenvalue weighted by atomic mass is 32.1. The zero-order chi connectivity index (χ0) is 19.6. The summed E-state index contributed by atoms with van der Waals surface area (Å²) < 4.78 is 12.2. The normalized spacial score (nSPS) is 12.7. The van der Waals surface area contributed by atoms with Crippen LogP contribution >= 0.6 is 11.3 Å². The molecule has 0 spiro atoms. The highest BCUT2D eigenvalue weighted by molar-refractivity contribution is 7.21. The summed E-state index contributed by atoms with van der Waals surface area (Å²) in [7, 11) is 0. The standard InChI is InChI=1S/C23H18N2O3S/c26-19(15-8-9-20-21(13-15)28-11-10-27-20)14-24-17-5-3-4-16(12-17)23-25-18-6-1-2-7-22(18)29-23/h1-9,12-13,24H,10-11,14H2. The highest BCUT2D eigenvalue weighted by Gasteiger charge is 2.15. The van der Waals surface area contributed by atoms with E-state index in [1.165, 1.54) is 0 Å². The van der Waals surface area contributed by atoms with E-state index in [4.69, 9.17) is 14.5 Å². The van der Waals surface area contributed by atoms with Gasteiger partial charge in [-0.2, -0.15) is 0 Å². The van der Waals surface area contributed by atoms with Crippen molar-refractivity contribution in [2.45, 2.75) is 0 Å². The van der Waals surface area contributed by atoms with Crippen LogP contribution in [0.4, 0.5) is 5.69 Å². The Kier molecular flexibility index (Phi) is 4.62. The third kappa shape index (κ3) is 3.67. The number of anilines is 1. The van der Waals surface area contributed by atoms with E-state index in [1.54, 1.807) is 29.5 Å². The zero-order valence-electron chi connectivity index (χ0n) is 15.6. The van der Waals surface area contributed by atoms with Crippen LogP contribution in [0.25, 0.3) is 20.8 Å². The van der Waals surface area contributed by atoms with Crippen molar-refractivity contribution in [1.29, 1.82) is 0 Å². The first-order valence-corrected chi connectivity index (χ1v) is 10.2. The van der Waals surface area contributed by atoms with E-state index >= 15 is 0 Å². The summed E-state index contributed by atoms with van der Waals surface area (Å²) in [5.41, 5.74) is 3.51. The van der Waals surface area contributed by atoms with Gasteiger partial charge in [0.2, 0.25) is 0 Å². The smallest absolute Gasteiger partial charge is 0.181 e. The summed E-state index contributed by atoms with van der Waals surface area (Å²) >= 11 is 1.66. The number of nitrogens with one attached hydrogen (secondary N) is 1. The Morgan fingerprint density at radius 1 is 0.966 bits per heavy atom. The predicted molar refractivity (Wildman–Crippen MR) is 115 cm³/mol. The fourth-order valence-electron chi connectivity index (χ4n) is 3.26. The summed E-state index contributed by atoms with van der Waals surface area (Å²) in [4.78, 5) is 17.3. The topological polar surface area (TPSA) is 60.5 Å². The predicted octanol–water partition coefficient (Wildman–Crippen LogP) is 5.03. The third-order valence-corrected chi connectivity index (χ3v) is 5.81. The molecule has 0 amide bonds. The second-order valence-corrected chi connectivity index (χ2v) is 7.73. The molecule has 0 fully saturated rings. The lowest BCUT2D eigenvalue weighted by molar-refractivity contribution is 0.100. The van der Waals surface area contributed by atoms with Crippen LogP contribution in [0.5, 0.6) is 11.5 Å². The molecule has 1 aromatic heterocycles. The van der Waals surface area contributed by atoms with Crippen molar-refractivity contribution >= 4 is 33.0 Å². The molecule has 0 saturated carbocycles. The number of benzene rings is 3. The van der Waals surface area contributed by atoms with Gasteiger partial charge in [0, 0.05) is 16.8 Å². The van der Waals surface area contributed by atoms with Crippen LogP contribution < -0.4 is 14.8 Å². The second kappa shape index (κ2) is 7.56. The van der Waals surface area contributed by atoms with Gasteiger partial charge in [-0.1, -0.05) is 24.3 Å². The number of thiazole rings is 1. The zero-order valence-corrected chi connectivity index (χ0v) is 16.4. The summed E-state index contributed by atoms with van der Waals surface area (Å²) in [5.74, 6) is 1.30. The number of hydrogen-bond acceptors (Lipinski definition) is 6. The molecule has 0 bridgehead atoms. The molecule has 2 heterocycles. The molecule has 1 aliphatic rings. The maximum Gasteiger partial charge on any atom is 0.181 e. The number of hydrogen-bond donors (Lipinski definition) is 1. The van der Waals surface area contributed by atoms with Crippen molar-refractivity contribution < 1.29 is 14.3 Å². The molecular weight excluding hydrogens is 384 g/mol. The fraction of sp³-hybridized carbons (Fsp3) is 0.130. The molecule has 1 aliphatic heterocycles. The number of rotatable bonds is 5. The molecule has 6 heteroatoms. The summed E-state index contributed by atoms with van der Waals surface area (Å²) in [6.07, 6.45) is 0. The molecule has 144 valence electrons. The Labute approximate surface area is 171 Å². The van der Waals surface area contributed by atoms with Crippen LogP contribution in [0.3, 0.4) is 0 Å². The lowest BCUT2D eigenvalue weighted by Gasteiger charge is -2.18. The first-order chi connectivity index (χ1) is 14.3. The SMILES string of the molecule is O=C(CNc1cccc(-c2nc3ccccc3s2)c1)c1ccc2c(c1)OCCO2. The molecule has 0 saturated heterocycles. The van der Waals surface area contributed by atoms with Crippen molar-refractivity contribution in [2.75, 3.05) is 25.1 Å². The number of fused-ring (bicyclic) bond motifs is 2. The van der Waals surface area contributed by atoms with Gasteiger partial charge in [0.1, 0.15) is 18.2 Å². The van der Waals surface area contributed by atoms with Crippen LogP contribution in [0, 0.1) is 0 Å². The van der Waals surface area contributed by atoms with Crippen LogP contribution in [0.15, 0.2) is 66.7 Å². The minimum atomic E-state index is -0.00707. The number of para-hydroxylation sites is 1. The molecule has 0 aliphatic carbocycles. The molecule has 29 heavy (non-hydrogen) atoms. The quantitative estimate of drug-likeness (QED) is 0.475. The third-order valence-electron chi connectivity index (χ3n) is 4.72. The van der Waals surface area contributed by atoms with Gasteiger partial charge in [-0.3, -0.25) is 4.79 Å². The first-order valence-electron chi connectivity index (χ1n) is 9.39. The van der Waals surface area contributed by atoms with Gasteiger partial charge in [-0.15, -0.1) is 11.3 Å². The molecule has 0 radical (unpaired) electrons. The lowest BCUT2D eigenvalue weighted by atomic mass is 10.1. The van der Waals surface area contributed by atoms with Crippen LogP contribution in [0.1, 0.15) is 10.4 Å². The fourth-order valence-corrected chi connectivity index (χ4v) is 4.22. The van der Waals surface area contributed by atoms with E-state index in [0.717, 1.165) is 26.5 Å². The van der Waals surface area contributed by atoms with E-state index in [0.29, 0.717) is 30.3 Å². The van der Waals surface area contributed by atoms with E-state index in [-0.39, 0.29) is 12.3 Å². The monoisotopic (exact) mass is 402 g/mol. The number of carbonyl (C=O) groups excluding carboxylic acids is 1. The maximum atomic E-state index is 12.6. The van der Waals surface area contributed by atoms with Crippen LogP contribution in [-0.4, -0.2) is 30.5 Å². The molecule has 3 aromatic carbocycles. The molecule has 5 nitrogen and oxygen atoms in total. The number of carbonyl (C=O) groups is 1. The molecule has 4 aromatic rings. The van der Waals surface area contributed by atoms with Gasteiger partial charge in [-0.05, 0) is 42.5 Å². The number of ether oxygens (including phenoxy) is 2. The minimum absolute atomic E-state index is 0.00707. The van der Waals surface area contributed by atoms with E-state index in [2.05, 4.69) is 11.4 Å². The minimum Gasteiger partial charge on any atom is -0.486 e. The van der Waals surface area contributed by atoms with Gasteiger partial charge in [0.15, 0.2) is 17.3 Å². The molecule has 5 rings (SSSR count). The van der Waals surface area contributed by atoms with E-state index < -0.39 is 0 Å². The van der Waals surface area contributed by atoms with Crippen LogP contribution in [-0.2, 0) is 0 Å². The highest BCUT2D eigenvalue weighted by Crippen LogP contribution is 2.32. The number of Topliss-reactive ketones (excluding diaryl/α,β-unsaturated/α-hetero) is 1. The molecule has 0 unspecified atom stereocenters. The second-order valence-electron chi connectivity index (χ2n) is 6.70. The van der Waals surface area contributed by atoms with E-state index in [1.807, 2.05) is 42.5 Å². The Morgan fingerprint density at radius 3 is 2.72 bits per heavy atom. The molecular formula is C23H18N2O3S. The molecule has 0 atom stereocenters. The van der Waals surface area contributed by atoms with Crippen molar-refractivity contribution in [1.82, 2.24) is 4.98 Å². The Bertz CT molecular complexity index is 1170. The van der Waals surface area contributed by atoms with Crippen LogP contribution in [0.2, 0.25) is 0 Å². The first kappa shape index (κ1) is 17.7. The lowest BCUT2D eigenvalue weighted by Crippen LogP contribution is -2.17. The Balaban J connectivity index is 1.31. The Hall–Kier alpha value is -3.38. The van der Waals surface area contributed by atoms with Crippen molar-refractivity contribution in [2.24, 2.45) is 0 Å². The molecule has 1 N–H and O–H groups in total. The average molecular weight is 402 g/mol. The van der Waals surface area contributed by atoms with E-state index in [9.17, 15) is 4.79 Å². The Morgan fingerprint density at radius 2 is 1.83 bits per heavy atom. The van der Waals surface area contributed by atoms with Gasteiger partial charge in [0.05, 0.1) is 16.8 Å².